The number of halogens is 1. The second-order valence-electron chi connectivity index (χ2n) is 6.22. The van der Waals surface area contributed by atoms with E-state index in [0.29, 0.717) is 25.2 Å². The van der Waals surface area contributed by atoms with Gasteiger partial charge in [-0.15, -0.1) is 0 Å². The molecule has 0 spiro atoms. The summed E-state index contributed by atoms with van der Waals surface area (Å²) in [4.78, 5) is 32.3. The molecule has 2 amide bonds. The molecule has 2 aromatic rings. The number of likely N-dealkylation sites (N-methyl/N-ethyl adjacent to an activating group) is 1. The summed E-state index contributed by atoms with van der Waals surface area (Å²) < 4.78 is 1.59. The van der Waals surface area contributed by atoms with Crippen molar-refractivity contribution in [2.75, 3.05) is 24.5 Å². The number of carbonyl (C=O) groups excluding carboxylic acids is 2. The Balaban J connectivity index is 1.79. The number of nitrogens with zero attached hydrogens (tertiary/aromatic N) is 5. The van der Waals surface area contributed by atoms with Crippen LogP contribution in [0.4, 0.5) is 5.69 Å². The minimum atomic E-state index is -0.157. The maximum atomic E-state index is 12.8. The number of carbonyl (C=O) groups is 2. The average Bonchev–Trinajstić information content (AvgIpc) is 2.91. The number of anilines is 1. The van der Waals surface area contributed by atoms with Crippen LogP contribution in [0.2, 0.25) is 5.15 Å². The topological polar surface area (TPSA) is 71.3 Å². The second-order valence-corrected chi connectivity index (χ2v) is 6.58. The van der Waals surface area contributed by atoms with Crippen LogP contribution in [-0.2, 0) is 9.59 Å². The molecule has 0 atom stereocenters. The van der Waals surface area contributed by atoms with Gasteiger partial charge < -0.3 is 9.80 Å². The Morgan fingerprint density at radius 1 is 1.35 bits per heavy atom. The van der Waals surface area contributed by atoms with E-state index in [1.807, 2.05) is 13.0 Å². The van der Waals surface area contributed by atoms with E-state index in [2.05, 4.69) is 10.1 Å². The molecule has 1 saturated heterocycles. The lowest BCUT2D eigenvalue weighted by molar-refractivity contribution is -0.134. The molecule has 0 aliphatic carbocycles. The van der Waals surface area contributed by atoms with Crippen LogP contribution in [-0.4, -0.2) is 51.1 Å². The van der Waals surface area contributed by atoms with Gasteiger partial charge >= 0.3 is 0 Å². The number of amides is 2. The van der Waals surface area contributed by atoms with Crippen molar-refractivity contribution in [1.29, 1.82) is 0 Å². The number of pyridine rings is 1. The Morgan fingerprint density at radius 3 is 2.92 bits per heavy atom. The zero-order valence-electron chi connectivity index (χ0n) is 14.8. The monoisotopic (exact) mass is 375 g/mol. The van der Waals surface area contributed by atoms with Gasteiger partial charge in [0, 0.05) is 25.7 Å². The van der Waals surface area contributed by atoms with Gasteiger partial charge in [-0.1, -0.05) is 18.0 Å². The summed E-state index contributed by atoms with van der Waals surface area (Å²) in [5, 5.41) is 4.52. The molecule has 1 aliphatic heterocycles. The highest BCUT2D eigenvalue weighted by Crippen LogP contribution is 2.26. The van der Waals surface area contributed by atoms with Crippen molar-refractivity contribution in [3.8, 4) is 5.69 Å². The third-order valence-corrected chi connectivity index (χ3v) is 4.74. The van der Waals surface area contributed by atoms with Gasteiger partial charge in [-0.05, 0) is 31.9 Å². The van der Waals surface area contributed by atoms with Gasteiger partial charge in [0.25, 0.3) is 0 Å². The Morgan fingerprint density at radius 2 is 2.19 bits per heavy atom. The zero-order valence-corrected chi connectivity index (χ0v) is 15.5. The Kier molecular flexibility index (Phi) is 5.88. The number of hydrogen-bond acceptors (Lipinski definition) is 4. The molecule has 8 heteroatoms. The Labute approximate surface area is 157 Å². The molecule has 0 bridgehead atoms. The average molecular weight is 376 g/mol. The molecule has 0 saturated carbocycles. The summed E-state index contributed by atoms with van der Waals surface area (Å²) in [6.45, 7) is 3.02. The van der Waals surface area contributed by atoms with Gasteiger partial charge in [0.05, 0.1) is 18.1 Å². The maximum absolute atomic E-state index is 12.8. The number of hydrogen-bond donors (Lipinski definition) is 0. The third-order valence-electron chi connectivity index (χ3n) is 4.47. The number of rotatable bonds is 5. The van der Waals surface area contributed by atoms with Crippen molar-refractivity contribution in [2.45, 2.75) is 32.6 Å². The van der Waals surface area contributed by atoms with Crippen LogP contribution < -0.4 is 4.90 Å². The van der Waals surface area contributed by atoms with Gasteiger partial charge in [0.2, 0.25) is 11.8 Å². The lowest BCUT2D eigenvalue weighted by atomic mass is 10.2. The van der Waals surface area contributed by atoms with Crippen LogP contribution >= 0.6 is 11.6 Å². The van der Waals surface area contributed by atoms with Crippen molar-refractivity contribution >= 4 is 29.1 Å². The van der Waals surface area contributed by atoms with Gasteiger partial charge in [0.1, 0.15) is 12.2 Å². The van der Waals surface area contributed by atoms with E-state index >= 15 is 0 Å². The summed E-state index contributed by atoms with van der Waals surface area (Å²) >= 11 is 6.28. The minimum Gasteiger partial charge on any atom is -0.333 e. The van der Waals surface area contributed by atoms with Crippen LogP contribution in [0.3, 0.4) is 0 Å². The van der Waals surface area contributed by atoms with E-state index in [1.54, 1.807) is 39.1 Å². The van der Waals surface area contributed by atoms with E-state index in [4.69, 9.17) is 11.6 Å². The van der Waals surface area contributed by atoms with Crippen LogP contribution in [0, 0.1) is 0 Å². The van der Waals surface area contributed by atoms with E-state index in [0.717, 1.165) is 24.9 Å². The molecule has 0 aromatic carbocycles. The fourth-order valence-electron chi connectivity index (χ4n) is 3.08. The molecular formula is C18H22ClN5O2. The fourth-order valence-corrected chi connectivity index (χ4v) is 3.31. The highest BCUT2D eigenvalue weighted by atomic mass is 35.5. The summed E-state index contributed by atoms with van der Waals surface area (Å²) in [5.41, 5.74) is 1.29. The SMILES string of the molecule is CCN(C(=O)CN1CCCCCC1=O)c1cn(-c2cccnc2)nc1Cl. The van der Waals surface area contributed by atoms with Gasteiger partial charge in [-0.25, -0.2) is 4.68 Å². The van der Waals surface area contributed by atoms with E-state index in [9.17, 15) is 9.59 Å². The van der Waals surface area contributed by atoms with E-state index in [1.165, 1.54) is 0 Å². The normalized spacial score (nSPS) is 15.0. The van der Waals surface area contributed by atoms with Crippen molar-refractivity contribution in [1.82, 2.24) is 19.7 Å². The van der Waals surface area contributed by atoms with E-state index < -0.39 is 0 Å². The number of likely N-dealkylation sites (tertiary alicyclic amines) is 1. The lowest BCUT2D eigenvalue weighted by Gasteiger charge is -2.25. The molecular weight excluding hydrogens is 354 g/mol. The summed E-state index contributed by atoms with van der Waals surface area (Å²) in [5.74, 6) is -0.112. The molecule has 138 valence electrons. The standard InChI is InChI=1S/C18H22ClN5O2/c1-2-23(17(26)13-22-10-5-3-4-8-16(22)25)15-12-24(21-18(15)19)14-7-6-9-20-11-14/h6-7,9,11-12H,2-5,8,10,13H2,1H3. The minimum absolute atomic E-state index is 0.0454. The highest BCUT2D eigenvalue weighted by molar-refractivity contribution is 6.32. The van der Waals surface area contributed by atoms with Crippen molar-refractivity contribution in [2.24, 2.45) is 0 Å². The lowest BCUT2D eigenvalue weighted by Crippen LogP contribution is -2.42. The Hall–Kier alpha value is -2.41. The largest absolute Gasteiger partial charge is 0.333 e. The molecule has 2 aromatic heterocycles. The quantitative estimate of drug-likeness (QED) is 0.805. The molecule has 1 fully saturated rings. The van der Waals surface area contributed by atoms with Crippen molar-refractivity contribution < 1.29 is 9.59 Å². The van der Waals surface area contributed by atoms with Crippen molar-refractivity contribution in [3.05, 3.63) is 35.9 Å². The van der Waals surface area contributed by atoms with Gasteiger partial charge in [-0.2, -0.15) is 5.10 Å². The van der Waals surface area contributed by atoms with Crippen LogP contribution in [0.5, 0.6) is 0 Å². The van der Waals surface area contributed by atoms with E-state index in [-0.39, 0.29) is 23.5 Å². The molecule has 26 heavy (non-hydrogen) atoms. The van der Waals surface area contributed by atoms with Gasteiger partial charge in [-0.3, -0.25) is 14.6 Å². The molecule has 7 nitrogen and oxygen atoms in total. The fraction of sp³-hybridized carbons (Fsp3) is 0.444. The molecule has 0 N–H and O–H groups in total. The third kappa shape index (κ3) is 4.04. The first-order chi connectivity index (χ1) is 12.6. The Bertz CT molecular complexity index is 777. The summed E-state index contributed by atoms with van der Waals surface area (Å²) in [6, 6.07) is 3.66. The van der Waals surface area contributed by atoms with Gasteiger partial charge in [0.15, 0.2) is 5.15 Å². The second kappa shape index (κ2) is 8.31. The molecule has 3 heterocycles. The predicted octanol–water partition coefficient (Wildman–Crippen LogP) is 2.68. The smallest absolute Gasteiger partial charge is 0.246 e. The zero-order chi connectivity index (χ0) is 18.5. The van der Waals surface area contributed by atoms with Crippen molar-refractivity contribution in [3.63, 3.8) is 0 Å². The molecule has 0 radical (unpaired) electrons. The maximum Gasteiger partial charge on any atom is 0.246 e. The summed E-state index contributed by atoms with van der Waals surface area (Å²) in [6.07, 6.45) is 8.42. The molecule has 1 aliphatic rings. The number of aromatic nitrogens is 3. The first-order valence-electron chi connectivity index (χ1n) is 8.84. The predicted molar refractivity (Wildman–Crippen MR) is 99.4 cm³/mol. The van der Waals surface area contributed by atoms with Crippen LogP contribution in [0.1, 0.15) is 32.6 Å². The summed E-state index contributed by atoms with van der Waals surface area (Å²) in [7, 11) is 0. The highest BCUT2D eigenvalue weighted by Gasteiger charge is 2.25. The van der Waals surface area contributed by atoms with Crippen LogP contribution in [0.15, 0.2) is 30.7 Å². The first kappa shape index (κ1) is 18.4. The molecule has 3 rings (SSSR count). The molecule has 0 unspecified atom stereocenters. The van der Waals surface area contributed by atoms with Crippen LogP contribution in [0.25, 0.3) is 5.69 Å². The first-order valence-corrected chi connectivity index (χ1v) is 9.21.